The van der Waals surface area contributed by atoms with Crippen LogP contribution in [-0.4, -0.2) is 64.0 Å². The van der Waals surface area contributed by atoms with Gasteiger partial charge in [0, 0.05) is 73.3 Å². The van der Waals surface area contributed by atoms with E-state index in [1.54, 1.807) is 36.8 Å². The van der Waals surface area contributed by atoms with Crippen molar-refractivity contribution in [1.29, 1.82) is 0 Å². The number of carbonyl (C=O) groups is 1. The first kappa shape index (κ1) is 24.3. The van der Waals surface area contributed by atoms with Crippen LogP contribution in [0.4, 0.5) is 23.0 Å². The fourth-order valence-electron chi connectivity index (χ4n) is 4.23. The van der Waals surface area contributed by atoms with Crippen LogP contribution in [0.15, 0.2) is 72.7 Å². The molecule has 2 N–H and O–H groups in total. The zero-order valence-electron chi connectivity index (χ0n) is 21.3. The molecule has 3 aromatic heterocycles. The number of amides is 1. The first-order valence-corrected chi connectivity index (χ1v) is 12.3. The van der Waals surface area contributed by atoms with Crippen LogP contribution >= 0.6 is 0 Å². The van der Waals surface area contributed by atoms with Crippen molar-refractivity contribution in [3.05, 3.63) is 72.7 Å². The van der Waals surface area contributed by atoms with E-state index in [1.165, 1.54) is 5.69 Å². The first-order chi connectivity index (χ1) is 17.9. The Morgan fingerprint density at radius 2 is 1.68 bits per heavy atom. The van der Waals surface area contributed by atoms with Crippen LogP contribution in [0.1, 0.15) is 13.8 Å². The van der Waals surface area contributed by atoms with E-state index in [2.05, 4.69) is 54.6 Å². The van der Waals surface area contributed by atoms with Crippen LogP contribution in [-0.2, 0) is 4.79 Å². The van der Waals surface area contributed by atoms with Crippen LogP contribution in [0.2, 0.25) is 0 Å². The molecule has 1 aliphatic rings. The molecule has 9 nitrogen and oxygen atoms in total. The lowest BCUT2D eigenvalue weighted by Crippen LogP contribution is -2.44. The molecule has 1 aliphatic heterocycles. The number of anilines is 4. The van der Waals surface area contributed by atoms with Crippen molar-refractivity contribution in [2.75, 3.05) is 48.8 Å². The molecule has 0 unspecified atom stereocenters. The number of pyridine rings is 2. The van der Waals surface area contributed by atoms with Crippen molar-refractivity contribution in [2.45, 2.75) is 13.8 Å². The number of aromatic nitrogens is 4. The largest absolute Gasteiger partial charge is 0.369 e. The van der Waals surface area contributed by atoms with Crippen molar-refractivity contribution in [1.82, 2.24) is 24.8 Å². The number of piperazine rings is 1. The van der Waals surface area contributed by atoms with Gasteiger partial charge in [-0.1, -0.05) is 5.57 Å². The first-order valence-electron chi connectivity index (χ1n) is 12.3. The number of benzene rings is 1. The molecular formula is C28H30N8O. The summed E-state index contributed by atoms with van der Waals surface area (Å²) in [5.74, 6) is 0.289. The highest BCUT2D eigenvalue weighted by Crippen LogP contribution is 2.27. The minimum atomic E-state index is -0.185. The van der Waals surface area contributed by atoms with Gasteiger partial charge in [0.25, 0.3) is 0 Å². The Bertz CT molecular complexity index is 1440. The molecule has 1 amide bonds. The number of nitrogens with zero attached hydrogens (tertiary/aromatic N) is 6. The van der Waals surface area contributed by atoms with Crippen molar-refractivity contribution in [2.24, 2.45) is 0 Å². The Kier molecular flexibility index (Phi) is 7.04. The maximum absolute atomic E-state index is 12.2. The molecule has 37 heavy (non-hydrogen) atoms. The van der Waals surface area contributed by atoms with Gasteiger partial charge in [-0.3, -0.25) is 14.8 Å². The van der Waals surface area contributed by atoms with Crippen molar-refractivity contribution in [3.63, 3.8) is 0 Å². The molecule has 0 bridgehead atoms. The second-order valence-corrected chi connectivity index (χ2v) is 9.39. The predicted octanol–water partition coefficient (Wildman–Crippen LogP) is 4.49. The van der Waals surface area contributed by atoms with E-state index >= 15 is 0 Å². The Hall–Kier alpha value is -4.37. The topological polar surface area (TPSA) is 99.2 Å². The number of likely N-dealkylation sites (N-methyl/N-ethyl adjacent to an activating group) is 1. The highest BCUT2D eigenvalue weighted by atomic mass is 16.1. The van der Waals surface area contributed by atoms with E-state index in [-0.39, 0.29) is 5.91 Å². The fourth-order valence-corrected chi connectivity index (χ4v) is 4.23. The average Bonchev–Trinajstić information content (AvgIpc) is 2.89. The Morgan fingerprint density at radius 1 is 0.919 bits per heavy atom. The van der Waals surface area contributed by atoms with Gasteiger partial charge in [0.05, 0.1) is 5.69 Å². The van der Waals surface area contributed by atoms with Crippen LogP contribution in [0.25, 0.3) is 22.3 Å². The summed E-state index contributed by atoms with van der Waals surface area (Å²) in [4.78, 5) is 35.2. The average molecular weight is 495 g/mol. The third kappa shape index (κ3) is 5.90. The van der Waals surface area contributed by atoms with Crippen molar-refractivity contribution < 1.29 is 4.79 Å². The van der Waals surface area contributed by atoms with E-state index in [4.69, 9.17) is 4.98 Å². The van der Waals surface area contributed by atoms with Gasteiger partial charge >= 0.3 is 0 Å². The third-order valence-electron chi connectivity index (χ3n) is 6.18. The summed E-state index contributed by atoms with van der Waals surface area (Å²) in [5.41, 5.74) is 5.59. The van der Waals surface area contributed by atoms with E-state index in [1.807, 2.05) is 32.0 Å². The number of hydrogen-bond donors (Lipinski definition) is 2. The van der Waals surface area contributed by atoms with Gasteiger partial charge in [-0.15, -0.1) is 0 Å². The van der Waals surface area contributed by atoms with E-state index in [9.17, 15) is 4.79 Å². The van der Waals surface area contributed by atoms with E-state index in [0.29, 0.717) is 28.5 Å². The monoisotopic (exact) mass is 494 g/mol. The number of allylic oxidation sites excluding steroid dienone is 1. The Labute approximate surface area is 216 Å². The molecule has 0 saturated carbocycles. The minimum absolute atomic E-state index is 0.185. The lowest BCUT2D eigenvalue weighted by atomic mass is 10.1. The van der Waals surface area contributed by atoms with Gasteiger partial charge in [-0.2, -0.15) is 0 Å². The highest BCUT2D eigenvalue weighted by Gasteiger charge is 2.15. The molecule has 0 radical (unpaired) electrons. The van der Waals surface area contributed by atoms with Crippen LogP contribution in [0.3, 0.4) is 0 Å². The lowest BCUT2D eigenvalue weighted by Gasteiger charge is -2.34. The molecule has 0 spiro atoms. The minimum Gasteiger partial charge on any atom is -0.369 e. The second-order valence-electron chi connectivity index (χ2n) is 9.39. The molecule has 1 aromatic carbocycles. The quantitative estimate of drug-likeness (QED) is 0.379. The standard InChI is InChI=1S/C28H30N8O/c1-19(2)16-25(37)32-22-9-11-29-24(17-22)27-26-20(8-10-30-27)18-31-28(34-26)33-21-4-6-23(7-5-21)36-14-12-35(3)13-15-36/h4-11,16-18H,12-15H2,1-3H3,(H,29,32,37)(H,31,33,34). The summed E-state index contributed by atoms with van der Waals surface area (Å²) in [7, 11) is 2.16. The van der Waals surface area contributed by atoms with Gasteiger partial charge in [0.1, 0.15) is 11.2 Å². The molecule has 4 heterocycles. The van der Waals surface area contributed by atoms with Crippen molar-refractivity contribution >= 4 is 39.8 Å². The molecule has 1 saturated heterocycles. The summed E-state index contributed by atoms with van der Waals surface area (Å²) in [6.07, 6.45) is 6.69. The smallest absolute Gasteiger partial charge is 0.248 e. The molecule has 1 fully saturated rings. The Balaban J connectivity index is 1.38. The number of carbonyl (C=O) groups excluding carboxylic acids is 1. The summed E-state index contributed by atoms with van der Waals surface area (Å²) in [6, 6.07) is 13.8. The van der Waals surface area contributed by atoms with E-state index in [0.717, 1.165) is 42.8 Å². The predicted molar refractivity (Wildman–Crippen MR) is 148 cm³/mol. The number of hydrogen-bond acceptors (Lipinski definition) is 8. The van der Waals surface area contributed by atoms with Gasteiger partial charge in [-0.05, 0) is 63.4 Å². The molecule has 4 aromatic rings. The molecule has 5 rings (SSSR count). The summed E-state index contributed by atoms with van der Waals surface area (Å²) in [6.45, 7) is 7.96. The van der Waals surface area contributed by atoms with Crippen LogP contribution in [0, 0.1) is 0 Å². The maximum Gasteiger partial charge on any atom is 0.248 e. The molecular weight excluding hydrogens is 464 g/mol. The third-order valence-corrected chi connectivity index (χ3v) is 6.18. The number of rotatable bonds is 6. The fraction of sp³-hybridized carbons (Fsp3) is 0.250. The second kappa shape index (κ2) is 10.7. The number of fused-ring (bicyclic) bond motifs is 1. The Morgan fingerprint density at radius 3 is 2.43 bits per heavy atom. The normalized spacial score (nSPS) is 13.9. The van der Waals surface area contributed by atoms with Crippen molar-refractivity contribution in [3.8, 4) is 11.4 Å². The summed E-state index contributed by atoms with van der Waals surface area (Å²) >= 11 is 0. The van der Waals surface area contributed by atoms with Gasteiger partial charge < -0.3 is 20.4 Å². The zero-order valence-corrected chi connectivity index (χ0v) is 21.3. The summed E-state index contributed by atoms with van der Waals surface area (Å²) < 4.78 is 0. The van der Waals surface area contributed by atoms with Gasteiger partial charge in [-0.25, -0.2) is 9.97 Å². The van der Waals surface area contributed by atoms with Crippen LogP contribution in [0.5, 0.6) is 0 Å². The maximum atomic E-state index is 12.2. The summed E-state index contributed by atoms with van der Waals surface area (Å²) in [5, 5.41) is 7.03. The van der Waals surface area contributed by atoms with Gasteiger partial charge in [0.15, 0.2) is 0 Å². The molecule has 9 heteroatoms. The lowest BCUT2D eigenvalue weighted by molar-refractivity contribution is -0.111. The van der Waals surface area contributed by atoms with Gasteiger partial charge in [0.2, 0.25) is 11.9 Å². The highest BCUT2D eigenvalue weighted by molar-refractivity contribution is 6.00. The SMILES string of the molecule is CC(C)=CC(=O)Nc1ccnc(-c2nccc3cnc(Nc4ccc(N5CCN(C)CC5)cc4)nc23)c1. The zero-order chi connectivity index (χ0) is 25.8. The molecule has 0 aliphatic carbocycles. The van der Waals surface area contributed by atoms with Crippen LogP contribution < -0.4 is 15.5 Å². The molecule has 0 atom stereocenters. The van der Waals surface area contributed by atoms with E-state index < -0.39 is 0 Å². The number of nitrogens with one attached hydrogen (secondary N) is 2. The molecule has 188 valence electrons.